The monoisotopic (exact) mass is 434 g/mol. The summed E-state index contributed by atoms with van der Waals surface area (Å²) in [5.74, 6) is 0.976. The van der Waals surface area contributed by atoms with E-state index in [4.69, 9.17) is 16.3 Å². The first kappa shape index (κ1) is 21.4. The standard InChI is InChI=1S/C27H25ClFNO/c1-18-8-10-20(11-9-18)27-26(28)23(16-17-30(2)3)25(19-12-14-21(29)15-13-19)22-6-4-5-7-24(22)31-27/h4-16,25H,17H2,1-3H3/p+1/b23-16-/t25-/m0/s1. The zero-order valence-corrected chi connectivity index (χ0v) is 18.7. The molecule has 4 rings (SSSR count). The zero-order chi connectivity index (χ0) is 22.0. The molecule has 2 nitrogen and oxygen atoms in total. The van der Waals surface area contributed by atoms with Crippen LogP contribution in [0.25, 0.3) is 5.76 Å². The number of hydrogen-bond donors (Lipinski definition) is 1. The second-order valence-corrected chi connectivity index (χ2v) is 8.58. The van der Waals surface area contributed by atoms with Gasteiger partial charge in [-0.25, -0.2) is 4.39 Å². The van der Waals surface area contributed by atoms with E-state index in [0.29, 0.717) is 10.8 Å². The number of hydrogen-bond acceptors (Lipinski definition) is 1. The topological polar surface area (TPSA) is 13.7 Å². The highest BCUT2D eigenvalue weighted by atomic mass is 35.5. The average molecular weight is 435 g/mol. The SMILES string of the molecule is Cc1ccc(C2=C(Cl)/C(=C\C[NH+](C)C)[C@@H](c3ccc(F)cc3)c3ccccc3O2)cc1. The van der Waals surface area contributed by atoms with Gasteiger partial charge in [-0.1, -0.05) is 71.8 Å². The van der Waals surface area contributed by atoms with E-state index in [1.807, 2.05) is 42.5 Å². The van der Waals surface area contributed by atoms with Crippen molar-refractivity contribution in [2.75, 3.05) is 20.6 Å². The summed E-state index contributed by atoms with van der Waals surface area (Å²) >= 11 is 7.08. The van der Waals surface area contributed by atoms with Gasteiger partial charge in [0.2, 0.25) is 0 Å². The third-order valence-electron chi connectivity index (χ3n) is 5.45. The molecule has 0 radical (unpaired) electrons. The lowest BCUT2D eigenvalue weighted by atomic mass is 9.83. The van der Waals surface area contributed by atoms with Crippen molar-refractivity contribution in [3.05, 3.63) is 118 Å². The van der Waals surface area contributed by atoms with Crippen molar-refractivity contribution in [2.24, 2.45) is 0 Å². The molecule has 31 heavy (non-hydrogen) atoms. The van der Waals surface area contributed by atoms with Gasteiger partial charge in [-0.15, -0.1) is 0 Å². The highest BCUT2D eigenvalue weighted by Crippen LogP contribution is 2.47. The highest BCUT2D eigenvalue weighted by Gasteiger charge is 2.31. The first-order valence-electron chi connectivity index (χ1n) is 10.4. The van der Waals surface area contributed by atoms with Crippen LogP contribution in [0.5, 0.6) is 5.75 Å². The molecule has 0 amide bonds. The van der Waals surface area contributed by atoms with Crippen LogP contribution in [0.2, 0.25) is 0 Å². The third-order valence-corrected chi connectivity index (χ3v) is 5.84. The van der Waals surface area contributed by atoms with Gasteiger partial charge in [-0.2, -0.15) is 0 Å². The fourth-order valence-electron chi connectivity index (χ4n) is 3.82. The molecule has 0 aromatic heterocycles. The van der Waals surface area contributed by atoms with Crippen molar-refractivity contribution in [1.82, 2.24) is 0 Å². The summed E-state index contributed by atoms with van der Waals surface area (Å²) in [5, 5.41) is 0.579. The minimum atomic E-state index is -0.257. The molecule has 1 aliphatic heterocycles. The molecule has 0 aliphatic carbocycles. The lowest BCUT2D eigenvalue weighted by Crippen LogP contribution is -3.05. The van der Waals surface area contributed by atoms with Crippen molar-refractivity contribution in [3.8, 4) is 5.75 Å². The second kappa shape index (κ2) is 9.09. The van der Waals surface area contributed by atoms with Crippen molar-refractivity contribution >= 4 is 17.4 Å². The van der Waals surface area contributed by atoms with E-state index >= 15 is 0 Å². The van der Waals surface area contributed by atoms with Gasteiger partial charge in [0.25, 0.3) is 0 Å². The van der Waals surface area contributed by atoms with Gasteiger partial charge in [0, 0.05) is 17.0 Å². The summed E-state index contributed by atoms with van der Waals surface area (Å²) in [5.41, 5.74) is 5.05. The highest BCUT2D eigenvalue weighted by molar-refractivity contribution is 6.35. The Hall–Kier alpha value is -2.88. The van der Waals surface area contributed by atoms with Gasteiger partial charge in [-0.05, 0) is 42.3 Å². The molecule has 1 aliphatic rings. The molecule has 1 N–H and O–H groups in total. The van der Waals surface area contributed by atoms with Gasteiger partial charge in [-0.3, -0.25) is 0 Å². The summed E-state index contributed by atoms with van der Waals surface area (Å²) in [7, 11) is 4.20. The molecular formula is C27H26ClFNO+. The number of para-hydroxylation sites is 1. The number of nitrogens with one attached hydrogen (secondary N) is 1. The Kier molecular flexibility index (Phi) is 6.26. The van der Waals surface area contributed by atoms with Crippen molar-refractivity contribution in [3.63, 3.8) is 0 Å². The molecule has 1 atom stereocenters. The van der Waals surface area contributed by atoms with E-state index in [9.17, 15) is 4.39 Å². The molecular weight excluding hydrogens is 409 g/mol. The Morgan fingerprint density at radius 3 is 2.32 bits per heavy atom. The number of ether oxygens (including phenoxy) is 1. The first-order valence-corrected chi connectivity index (χ1v) is 10.8. The predicted octanol–water partition coefficient (Wildman–Crippen LogP) is 5.34. The maximum atomic E-state index is 13.7. The van der Waals surface area contributed by atoms with Crippen LogP contribution >= 0.6 is 11.6 Å². The fourth-order valence-corrected chi connectivity index (χ4v) is 4.15. The molecule has 158 valence electrons. The number of allylic oxidation sites excluding steroid dienone is 2. The van der Waals surface area contributed by atoms with Gasteiger partial charge < -0.3 is 9.64 Å². The van der Waals surface area contributed by atoms with Gasteiger partial charge in [0.1, 0.15) is 11.6 Å². The van der Waals surface area contributed by atoms with Crippen LogP contribution in [0.15, 0.2) is 89.5 Å². The third kappa shape index (κ3) is 4.58. The number of benzene rings is 3. The maximum Gasteiger partial charge on any atom is 0.153 e. The zero-order valence-electron chi connectivity index (χ0n) is 18.0. The normalized spacial score (nSPS) is 17.5. The van der Waals surface area contributed by atoms with Gasteiger partial charge >= 0.3 is 0 Å². The Morgan fingerprint density at radius 2 is 1.65 bits per heavy atom. The predicted molar refractivity (Wildman–Crippen MR) is 125 cm³/mol. The lowest BCUT2D eigenvalue weighted by Gasteiger charge is -2.21. The maximum absolute atomic E-state index is 13.7. The Labute approximate surface area is 188 Å². The van der Waals surface area contributed by atoms with E-state index in [1.165, 1.54) is 22.6 Å². The smallest absolute Gasteiger partial charge is 0.153 e. The molecule has 0 unspecified atom stereocenters. The molecule has 4 heteroatoms. The summed E-state index contributed by atoms with van der Waals surface area (Å²) < 4.78 is 20.1. The molecule has 0 spiro atoms. The van der Waals surface area contributed by atoms with E-state index in [1.54, 1.807) is 0 Å². The Balaban J connectivity index is 1.97. The van der Waals surface area contributed by atoms with E-state index < -0.39 is 0 Å². The average Bonchev–Trinajstić information content (AvgIpc) is 2.88. The van der Waals surface area contributed by atoms with E-state index in [2.05, 4.69) is 45.3 Å². The summed E-state index contributed by atoms with van der Waals surface area (Å²) in [6.07, 6.45) is 2.17. The van der Waals surface area contributed by atoms with Crippen LogP contribution in [-0.4, -0.2) is 20.6 Å². The van der Waals surface area contributed by atoms with E-state index in [0.717, 1.165) is 34.6 Å². The lowest BCUT2D eigenvalue weighted by molar-refractivity contribution is -0.851. The van der Waals surface area contributed by atoms with Crippen molar-refractivity contribution in [1.29, 1.82) is 0 Å². The van der Waals surface area contributed by atoms with E-state index in [-0.39, 0.29) is 11.7 Å². The van der Waals surface area contributed by atoms with Crippen molar-refractivity contribution < 1.29 is 14.0 Å². The summed E-state index contributed by atoms with van der Waals surface area (Å²) in [4.78, 5) is 1.28. The van der Waals surface area contributed by atoms with Crippen LogP contribution in [0.1, 0.15) is 28.2 Å². The number of fused-ring (bicyclic) bond motifs is 1. The van der Waals surface area contributed by atoms with Gasteiger partial charge in [0.15, 0.2) is 5.76 Å². The Bertz CT molecular complexity index is 1130. The van der Waals surface area contributed by atoms with Crippen molar-refractivity contribution in [2.45, 2.75) is 12.8 Å². The van der Waals surface area contributed by atoms with Crippen LogP contribution in [-0.2, 0) is 0 Å². The molecule has 3 aromatic carbocycles. The molecule has 0 bridgehead atoms. The van der Waals surface area contributed by atoms with Gasteiger partial charge in [0.05, 0.1) is 25.7 Å². The van der Waals surface area contributed by atoms with Crippen LogP contribution in [0, 0.1) is 12.7 Å². The summed E-state index contributed by atoms with van der Waals surface area (Å²) in [6.45, 7) is 2.85. The quantitative estimate of drug-likeness (QED) is 0.585. The number of quaternary nitrogens is 1. The fraction of sp³-hybridized carbons (Fsp3) is 0.185. The van der Waals surface area contributed by atoms with Crippen LogP contribution < -0.4 is 9.64 Å². The van der Waals surface area contributed by atoms with Crippen LogP contribution in [0.3, 0.4) is 0 Å². The minimum absolute atomic E-state index is 0.161. The molecule has 0 saturated carbocycles. The molecule has 1 heterocycles. The number of likely N-dealkylation sites (N-methyl/N-ethyl adjacent to an activating group) is 1. The number of rotatable bonds is 4. The number of aryl methyl sites for hydroxylation is 1. The first-order chi connectivity index (χ1) is 14.9. The Morgan fingerprint density at radius 1 is 0.968 bits per heavy atom. The molecule has 0 fully saturated rings. The molecule has 0 saturated heterocycles. The number of halogens is 2. The summed E-state index contributed by atoms with van der Waals surface area (Å²) in [6, 6.07) is 22.8. The second-order valence-electron chi connectivity index (χ2n) is 8.20. The van der Waals surface area contributed by atoms with Crippen LogP contribution in [0.4, 0.5) is 4.39 Å². The molecule has 3 aromatic rings. The minimum Gasteiger partial charge on any atom is -0.455 e. The largest absolute Gasteiger partial charge is 0.455 e.